The molecule has 0 saturated heterocycles. The summed E-state index contributed by atoms with van der Waals surface area (Å²) in [5.41, 5.74) is 2.85. The average molecular weight is 369 g/mol. The molecule has 1 unspecified atom stereocenters. The molecule has 0 aliphatic carbocycles. The summed E-state index contributed by atoms with van der Waals surface area (Å²) < 4.78 is 16.2. The minimum atomic E-state index is -0.435. The van der Waals surface area contributed by atoms with Gasteiger partial charge >= 0.3 is 5.97 Å². The Morgan fingerprint density at radius 2 is 1.89 bits per heavy atom. The number of fused-ring (bicyclic) bond motifs is 1. The van der Waals surface area contributed by atoms with Crippen molar-refractivity contribution in [1.82, 2.24) is 5.32 Å². The van der Waals surface area contributed by atoms with Crippen LogP contribution in [0.15, 0.2) is 36.4 Å². The van der Waals surface area contributed by atoms with Gasteiger partial charge in [-0.05, 0) is 50.2 Å². The van der Waals surface area contributed by atoms with Crippen molar-refractivity contribution in [2.24, 2.45) is 0 Å². The summed E-state index contributed by atoms with van der Waals surface area (Å²) in [6.45, 7) is 4.82. The minimum Gasteiger partial charge on any atom is -0.494 e. The van der Waals surface area contributed by atoms with E-state index in [2.05, 4.69) is 10.1 Å². The highest BCUT2D eigenvalue weighted by Gasteiger charge is 2.22. The van der Waals surface area contributed by atoms with Crippen LogP contribution in [0.25, 0.3) is 0 Å². The Kier molecular flexibility index (Phi) is 5.64. The zero-order valence-corrected chi connectivity index (χ0v) is 15.7. The van der Waals surface area contributed by atoms with Crippen LogP contribution in [0.5, 0.6) is 11.5 Å². The number of carbonyl (C=O) groups is 2. The Bertz CT molecular complexity index is 844. The summed E-state index contributed by atoms with van der Waals surface area (Å²) in [6, 6.07) is 10.3. The predicted octanol–water partition coefficient (Wildman–Crippen LogP) is 3.13. The van der Waals surface area contributed by atoms with Crippen molar-refractivity contribution in [2.45, 2.75) is 32.9 Å². The number of esters is 1. The fourth-order valence-corrected chi connectivity index (χ4v) is 3.06. The summed E-state index contributed by atoms with van der Waals surface area (Å²) in [5, 5.41) is 2.89. The minimum absolute atomic E-state index is 0.146. The molecule has 0 aromatic heterocycles. The van der Waals surface area contributed by atoms with Gasteiger partial charge in [0, 0.05) is 29.7 Å². The zero-order chi connectivity index (χ0) is 19.4. The molecule has 0 radical (unpaired) electrons. The molecule has 27 heavy (non-hydrogen) atoms. The highest BCUT2D eigenvalue weighted by Crippen LogP contribution is 2.35. The SMILES string of the molecule is CCOc1cc2c(cc1CNC(=O)c1ccc(C(=O)OC)cc1)OC(C)C2. The molecule has 2 aromatic rings. The first-order valence-corrected chi connectivity index (χ1v) is 8.93. The van der Waals surface area contributed by atoms with E-state index >= 15 is 0 Å². The van der Waals surface area contributed by atoms with Crippen LogP contribution >= 0.6 is 0 Å². The fraction of sp³-hybridized carbons (Fsp3) is 0.333. The molecular weight excluding hydrogens is 346 g/mol. The number of benzene rings is 2. The first kappa shape index (κ1) is 18.8. The maximum Gasteiger partial charge on any atom is 0.337 e. The van der Waals surface area contributed by atoms with Crippen LogP contribution < -0.4 is 14.8 Å². The lowest BCUT2D eigenvalue weighted by Crippen LogP contribution is -2.23. The molecule has 1 aliphatic rings. The molecule has 0 saturated carbocycles. The summed E-state index contributed by atoms with van der Waals surface area (Å²) in [6.07, 6.45) is 1.00. The summed E-state index contributed by atoms with van der Waals surface area (Å²) in [5.74, 6) is 0.937. The van der Waals surface area contributed by atoms with E-state index in [9.17, 15) is 9.59 Å². The Morgan fingerprint density at radius 3 is 2.56 bits per heavy atom. The van der Waals surface area contributed by atoms with E-state index < -0.39 is 5.97 Å². The van der Waals surface area contributed by atoms with Gasteiger partial charge in [0.1, 0.15) is 17.6 Å². The maximum atomic E-state index is 12.4. The number of nitrogens with one attached hydrogen (secondary N) is 1. The van der Waals surface area contributed by atoms with Crippen LogP contribution in [-0.2, 0) is 17.7 Å². The van der Waals surface area contributed by atoms with Crippen molar-refractivity contribution in [3.8, 4) is 11.5 Å². The van der Waals surface area contributed by atoms with E-state index in [4.69, 9.17) is 9.47 Å². The zero-order valence-electron chi connectivity index (χ0n) is 15.7. The van der Waals surface area contributed by atoms with Gasteiger partial charge in [0.25, 0.3) is 5.91 Å². The van der Waals surface area contributed by atoms with Crippen LogP contribution in [0.3, 0.4) is 0 Å². The summed E-state index contributed by atoms with van der Waals surface area (Å²) >= 11 is 0. The second kappa shape index (κ2) is 8.12. The number of methoxy groups -OCH3 is 1. The quantitative estimate of drug-likeness (QED) is 0.792. The van der Waals surface area contributed by atoms with Gasteiger partial charge in [-0.3, -0.25) is 4.79 Å². The average Bonchev–Trinajstić information content (AvgIpc) is 3.04. The van der Waals surface area contributed by atoms with Crippen LogP contribution in [0.4, 0.5) is 0 Å². The predicted molar refractivity (Wildman–Crippen MR) is 100 cm³/mol. The number of hydrogen-bond acceptors (Lipinski definition) is 5. The van der Waals surface area contributed by atoms with E-state index in [1.165, 1.54) is 7.11 Å². The molecule has 142 valence electrons. The molecule has 6 heteroatoms. The fourth-order valence-electron chi connectivity index (χ4n) is 3.06. The monoisotopic (exact) mass is 369 g/mol. The second-order valence-corrected chi connectivity index (χ2v) is 6.38. The van der Waals surface area contributed by atoms with Crippen molar-refractivity contribution < 1.29 is 23.8 Å². The Hall–Kier alpha value is -3.02. The Balaban J connectivity index is 1.71. The van der Waals surface area contributed by atoms with Crippen LogP contribution in [0.1, 0.15) is 45.7 Å². The third kappa shape index (κ3) is 4.22. The molecular formula is C21H23NO5. The molecule has 3 rings (SSSR count). The smallest absolute Gasteiger partial charge is 0.337 e. The van der Waals surface area contributed by atoms with E-state index in [1.807, 2.05) is 26.0 Å². The van der Waals surface area contributed by atoms with E-state index in [-0.39, 0.29) is 12.0 Å². The van der Waals surface area contributed by atoms with Gasteiger partial charge in [0.05, 0.1) is 19.3 Å². The topological polar surface area (TPSA) is 73.9 Å². The van der Waals surface area contributed by atoms with Gasteiger partial charge in [-0.1, -0.05) is 0 Å². The van der Waals surface area contributed by atoms with Crippen molar-refractivity contribution in [1.29, 1.82) is 0 Å². The normalized spacial score (nSPS) is 14.9. The summed E-state index contributed by atoms with van der Waals surface area (Å²) in [7, 11) is 1.32. The molecule has 0 spiro atoms. The molecule has 1 amide bonds. The largest absolute Gasteiger partial charge is 0.494 e. The van der Waals surface area contributed by atoms with Crippen molar-refractivity contribution in [3.63, 3.8) is 0 Å². The molecule has 1 heterocycles. The Labute approximate surface area is 158 Å². The van der Waals surface area contributed by atoms with Crippen molar-refractivity contribution >= 4 is 11.9 Å². The van der Waals surface area contributed by atoms with Gasteiger partial charge in [-0.2, -0.15) is 0 Å². The van der Waals surface area contributed by atoms with Gasteiger partial charge in [0.15, 0.2) is 0 Å². The molecule has 1 aliphatic heterocycles. The first-order valence-electron chi connectivity index (χ1n) is 8.93. The van der Waals surface area contributed by atoms with Gasteiger partial charge in [-0.25, -0.2) is 4.79 Å². The highest BCUT2D eigenvalue weighted by atomic mass is 16.5. The molecule has 2 aromatic carbocycles. The standard InChI is InChI=1S/C21H23NO5/c1-4-26-18-10-16-9-13(2)27-19(16)11-17(18)12-22-20(23)14-5-7-15(8-6-14)21(24)25-3/h5-8,10-11,13H,4,9,12H2,1-3H3,(H,22,23). The molecule has 0 bridgehead atoms. The van der Waals surface area contributed by atoms with E-state index in [0.29, 0.717) is 24.3 Å². The maximum absolute atomic E-state index is 12.4. The Morgan fingerprint density at radius 1 is 1.19 bits per heavy atom. The number of hydrogen-bond donors (Lipinski definition) is 1. The third-order valence-electron chi connectivity index (χ3n) is 4.39. The third-order valence-corrected chi connectivity index (χ3v) is 4.39. The van der Waals surface area contributed by atoms with E-state index in [1.54, 1.807) is 24.3 Å². The molecule has 0 fully saturated rings. The van der Waals surface area contributed by atoms with E-state index in [0.717, 1.165) is 29.0 Å². The first-order chi connectivity index (χ1) is 13.0. The van der Waals surface area contributed by atoms with Crippen LogP contribution in [0, 0.1) is 0 Å². The van der Waals surface area contributed by atoms with Crippen LogP contribution in [-0.4, -0.2) is 31.7 Å². The van der Waals surface area contributed by atoms with Crippen molar-refractivity contribution in [3.05, 3.63) is 58.7 Å². The number of carbonyl (C=O) groups excluding carboxylic acids is 2. The lowest BCUT2D eigenvalue weighted by Gasteiger charge is -2.13. The number of rotatable bonds is 6. The second-order valence-electron chi connectivity index (χ2n) is 6.38. The van der Waals surface area contributed by atoms with Crippen molar-refractivity contribution in [2.75, 3.05) is 13.7 Å². The van der Waals surface area contributed by atoms with Gasteiger partial charge in [0.2, 0.25) is 0 Å². The number of ether oxygens (including phenoxy) is 3. The molecule has 1 N–H and O–H groups in total. The van der Waals surface area contributed by atoms with Gasteiger partial charge < -0.3 is 19.5 Å². The molecule has 6 nitrogen and oxygen atoms in total. The lowest BCUT2D eigenvalue weighted by atomic mass is 10.1. The molecule has 1 atom stereocenters. The van der Waals surface area contributed by atoms with Crippen LogP contribution in [0.2, 0.25) is 0 Å². The van der Waals surface area contributed by atoms with Gasteiger partial charge in [-0.15, -0.1) is 0 Å². The summed E-state index contributed by atoms with van der Waals surface area (Å²) in [4.78, 5) is 23.9. The lowest BCUT2D eigenvalue weighted by molar-refractivity contribution is 0.0600. The highest BCUT2D eigenvalue weighted by molar-refractivity contribution is 5.96. The number of amides is 1.